The standard InChI is InChI=1S/C19H27N3O5/c1-4-13(2)17(18(23)20-11-15-10-16(25-3)22-27-15)21-19(24)26-12-14-8-6-5-7-9-14/h5-10,13,15,17,22H,4,11-12H2,1-3H3,(H,20,23)(H,21,24)/t13-,15?,17-/m0/s1. The number of ether oxygens (including phenoxy) is 2. The second kappa shape index (κ2) is 10.4. The lowest BCUT2D eigenvalue weighted by Gasteiger charge is -2.23. The molecule has 0 aliphatic carbocycles. The first kappa shape index (κ1) is 20.6. The molecule has 0 bridgehead atoms. The highest BCUT2D eigenvalue weighted by Gasteiger charge is 2.27. The van der Waals surface area contributed by atoms with E-state index >= 15 is 0 Å². The van der Waals surface area contributed by atoms with Gasteiger partial charge in [0.15, 0.2) is 0 Å². The van der Waals surface area contributed by atoms with Crippen LogP contribution in [-0.4, -0.2) is 37.8 Å². The molecule has 2 rings (SSSR count). The van der Waals surface area contributed by atoms with Crippen LogP contribution in [0, 0.1) is 5.92 Å². The second-order valence-corrected chi connectivity index (χ2v) is 6.31. The summed E-state index contributed by atoms with van der Waals surface area (Å²) in [5.74, 6) is 0.154. The van der Waals surface area contributed by atoms with Gasteiger partial charge >= 0.3 is 6.09 Å². The number of methoxy groups -OCH3 is 1. The first-order chi connectivity index (χ1) is 13.0. The summed E-state index contributed by atoms with van der Waals surface area (Å²) in [6.45, 7) is 4.26. The van der Waals surface area contributed by atoms with Gasteiger partial charge in [-0.1, -0.05) is 50.6 Å². The van der Waals surface area contributed by atoms with Gasteiger partial charge in [-0.15, -0.1) is 0 Å². The molecule has 0 saturated heterocycles. The van der Waals surface area contributed by atoms with Crippen molar-refractivity contribution < 1.29 is 23.9 Å². The molecule has 0 fully saturated rings. The quantitative estimate of drug-likeness (QED) is 0.607. The monoisotopic (exact) mass is 377 g/mol. The fourth-order valence-electron chi connectivity index (χ4n) is 2.49. The van der Waals surface area contributed by atoms with Gasteiger partial charge in [0.05, 0.1) is 13.7 Å². The minimum Gasteiger partial charge on any atom is -0.481 e. The van der Waals surface area contributed by atoms with E-state index in [1.54, 1.807) is 6.08 Å². The number of alkyl carbamates (subject to hydrolysis) is 1. The molecule has 8 heteroatoms. The summed E-state index contributed by atoms with van der Waals surface area (Å²) in [6.07, 6.45) is 1.48. The smallest absolute Gasteiger partial charge is 0.408 e. The van der Waals surface area contributed by atoms with Crippen LogP contribution in [0.4, 0.5) is 4.79 Å². The predicted molar refractivity (Wildman–Crippen MR) is 99.1 cm³/mol. The van der Waals surface area contributed by atoms with E-state index in [2.05, 4.69) is 16.1 Å². The van der Waals surface area contributed by atoms with Crippen LogP contribution in [0.25, 0.3) is 0 Å². The summed E-state index contributed by atoms with van der Waals surface area (Å²) in [5.41, 5.74) is 3.48. The minimum atomic E-state index is -0.696. The van der Waals surface area contributed by atoms with Crippen molar-refractivity contribution in [2.45, 2.75) is 39.0 Å². The zero-order chi connectivity index (χ0) is 19.6. The number of amides is 2. The van der Waals surface area contributed by atoms with Gasteiger partial charge in [0, 0.05) is 6.08 Å². The predicted octanol–water partition coefficient (Wildman–Crippen LogP) is 1.83. The number of hydroxylamine groups is 1. The van der Waals surface area contributed by atoms with Crippen LogP contribution in [0.5, 0.6) is 0 Å². The van der Waals surface area contributed by atoms with Crippen molar-refractivity contribution in [1.29, 1.82) is 0 Å². The van der Waals surface area contributed by atoms with Crippen molar-refractivity contribution >= 4 is 12.0 Å². The highest BCUT2D eigenvalue weighted by atomic mass is 16.7. The van der Waals surface area contributed by atoms with Crippen LogP contribution in [0.1, 0.15) is 25.8 Å². The fraction of sp³-hybridized carbons (Fsp3) is 0.474. The van der Waals surface area contributed by atoms with Gasteiger partial charge in [0.2, 0.25) is 11.8 Å². The van der Waals surface area contributed by atoms with Gasteiger partial charge in [0.25, 0.3) is 0 Å². The van der Waals surface area contributed by atoms with Crippen molar-refractivity contribution in [3.8, 4) is 0 Å². The Balaban J connectivity index is 1.85. The van der Waals surface area contributed by atoms with Crippen LogP contribution in [-0.2, 0) is 25.7 Å². The van der Waals surface area contributed by atoms with Gasteiger partial charge in [-0.05, 0) is 11.5 Å². The zero-order valence-corrected chi connectivity index (χ0v) is 15.9. The second-order valence-electron chi connectivity index (χ2n) is 6.31. The number of rotatable bonds is 9. The van der Waals surface area contributed by atoms with E-state index in [0.717, 1.165) is 12.0 Å². The molecule has 27 heavy (non-hydrogen) atoms. The molecule has 2 amide bonds. The maximum Gasteiger partial charge on any atom is 0.408 e. The van der Waals surface area contributed by atoms with Crippen molar-refractivity contribution in [2.24, 2.45) is 5.92 Å². The third-order valence-corrected chi connectivity index (χ3v) is 4.33. The van der Waals surface area contributed by atoms with Gasteiger partial charge in [-0.25, -0.2) is 10.3 Å². The number of nitrogens with one attached hydrogen (secondary N) is 3. The fourth-order valence-corrected chi connectivity index (χ4v) is 2.49. The third-order valence-electron chi connectivity index (χ3n) is 4.33. The first-order valence-corrected chi connectivity index (χ1v) is 8.95. The minimum absolute atomic E-state index is 0.0537. The van der Waals surface area contributed by atoms with E-state index in [-0.39, 0.29) is 31.1 Å². The van der Waals surface area contributed by atoms with Crippen LogP contribution < -0.4 is 16.1 Å². The van der Waals surface area contributed by atoms with E-state index in [9.17, 15) is 9.59 Å². The van der Waals surface area contributed by atoms with Crippen LogP contribution >= 0.6 is 0 Å². The third kappa shape index (κ3) is 6.49. The van der Waals surface area contributed by atoms with E-state index in [4.69, 9.17) is 14.3 Å². The van der Waals surface area contributed by atoms with E-state index in [1.807, 2.05) is 44.2 Å². The highest BCUT2D eigenvalue weighted by molar-refractivity contribution is 5.85. The average Bonchev–Trinajstić information content (AvgIpc) is 3.17. The maximum absolute atomic E-state index is 12.6. The molecule has 1 aliphatic rings. The molecule has 1 aromatic carbocycles. The van der Waals surface area contributed by atoms with E-state index in [0.29, 0.717) is 5.88 Å². The topological polar surface area (TPSA) is 97.9 Å². The summed E-state index contributed by atoms with van der Waals surface area (Å²) in [7, 11) is 1.52. The molecule has 0 spiro atoms. The Morgan fingerprint density at radius 3 is 2.67 bits per heavy atom. The van der Waals surface area contributed by atoms with Gasteiger partial charge in [0.1, 0.15) is 18.8 Å². The molecular formula is C19H27N3O5. The average molecular weight is 377 g/mol. The zero-order valence-electron chi connectivity index (χ0n) is 15.9. The Bertz CT molecular complexity index is 650. The lowest BCUT2D eigenvalue weighted by molar-refractivity contribution is -0.124. The summed E-state index contributed by atoms with van der Waals surface area (Å²) in [6, 6.07) is 8.66. The number of carbonyl (C=O) groups is 2. The Morgan fingerprint density at radius 2 is 2.04 bits per heavy atom. The lowest BCUT2D eigenvalue weighted by atomic mass is 9.98. The molecule has 0 radical (unpaired) electrons. The molecule has 3 atom stereocenters. The first-order valence-electron chi connectivity index (χ1n) is 8.95. The summed E-state index contributed by atoms with van der Waals surface area (Å²) in [4.78, 5) is 29.9. The maximum atomic E-state index is 12.6. The number of carbonyl (C=O) groups excluding carboxylic acids is 2. The normalized spacial score (nSPS) is 17.9. The van der Waals surface area contributed by atoms with Crippen molar-refractivity contribution in [2.75, 3.05) is 13.7 Å². The van der Waals surface area contributed by atoms with E-state index in [1.165, 1.54) is 7.11 Å². The Morgan fingerprint density at radius 1 is 1.30 bits per heavy atom. The number of hydrogen-bond donors (Lipinski definition) is 3. The van der Waals surface area contributed by atoms with Crippen LogP contribution in [0.15, 0.2) is 42.3 Å². The molecule has 3 N–H and O–H groups in total. The molecule has 1 heterocycles. The van der Waals surface area contributed by atoms with E-state index < -0.39 is 12.1 Å². The molecule has 148 valence electrons. The van der Waals surface area contributed by atoms with Gasteiger partial charge in [-0.3, -0.25) is 9.63 Å². The SMILES string of the molecule is CC[C@H](C)[C@H](NC(=O)OCc1ccccc1)C(=O)NCC1C=C(OC)NO1. The summed E-state index contributed by atoms with van der Waals surface area (Å²) >= 11 is 0. The highest BCUT2D eigenvalue weighted by Crippen LogP contribution is 2.10. The largest absolute Gasteiger partial charge is 0.481 e. The Labute approximate surface area is 159 Å². The Kier molecular flexibility index (Phi) is 7.94. The number of benzene rings is 1. The molecule has 1 unspecified atom stereocenters. The van der Waals surface area contributed by atoms with Gasteiger partial charge in [-0.2, -0.15) is 0 Å². The van der Waals surface area contributed by atoms with Gasteiger partial charge < -0.3 is 20.1 Å². The summed E-state index contributed by atoms with van der Waals surface area (Å²) < 4.78 is 10.2. The molecule has 0 aromatic heterocycles. The molecule has 1 aliphatic heterocycles. The molecule has 0 saturated carbocycles. The lowest BCUT2D eigenvalue weighted by Crippen LogP contribution is -2.51. The van der Waals surface area contributed by atoms with Crippen LogP contribution in [0.3, 0.4) is 0 Å². The van der Waals surface area contributed by atoms with Crippen LogP contribution in [0.2, 0.25) is 0 Å². The molecular weight excluding hydrogens is 350 g/mol. The summed E-state index contributed by atoms with van der Waals surface area (Å²) in [5, 5.41) is 5.45. The molecule has 8 nitrogen and oxygen atoms in total. The van der Waals surface area contributed by atoms with Crippen molar-refractivity contribution in [1.82, 2.24) is 16.1 Å². The number of hydrogen-bond acceptors (Lipinski definition) is 6. The van der Waals surface area contributed by atoms with Crippen molar-refractivity contribution in [3.63, 3.8) is 0 Å². The Hall–Kier alpha value is -2.74. The van der Waals surface area contributed by atoms with Crippen molar-refractivity contribution in [3.05, 3.63) is 47.9 Å². The molecule has 1 aromatic rings.